The molecule has 2 rings (SSSR count). The summed E-state index contributed by atoms with van der Waals surface area (Å²) < 4.78 is 1.59. The number of amides is 1. The summed E-state index contributed by atoms with van der Waals surface area (Å²) in [4.78, 5) is 31.4. The maximum absolute atomic E-state index is 12.7. The Bertz CT molecular complexity index is 824. The van der Waals surface area contributed by atoms with Crippen LogP contribution in [0.2, 0.25) is 0 Å². The Labute approximate surface area is 156 Å². The van der Waals surface area contributed by atoms with E-state index in [0.717, 1.165) is 16.1 Å². The Kier molecular flexibility index (Phi) is 6.84. The van der Waals surface area contributed by atoms with Crippen LogP contribution in [0, 0.1) is 5.92 Å². The fourth-order valence-corrected chi connectivity index (χ4v) is 4.04. The normalized spacial score (nSPS) is 12.5. The molecule has 0 fully saturated rings. The summed E-state index contributed by atoms with van der Waals surface area (Å²) in [5, 5.41) is 4.18. The van der Waals surface area contributed by atoms with E-state index in [1.807, 2.05) is 13.0 Å². The average Bonchev–Trinajstić information content (AvgIpc) is 2.99. The predicted molar refractivity (Wildman–Crippen MR) is 107 cm³/mol. The smallest absolute Gasteiger partial charge is 0.263 e. The van der Waals surface area contributed by atoms with Gasteiger partial charge in [-0.05, 0) is 25.3 Å². The van der Waals surface area contributed by atoms with Gasteiger partial charge in [-0.15, -0.1) is 17.9 Å². The number of thiophene rings is 1. The Morgan fingerprint density at radius 2 is 2.20 bits per heavy atom. The Morgan fingerprint density at radius 3 is 2.80 bits per heavy atom. The lowest BCUT2D eigenvalue weighted by molar-refractivity contribution is -0.119. The molecule has 0 saturated carbocycles. The van der Waals surface area contributed by atoms with Gasteiger partial charge in [-0.25, -0.2) is 4.98 Å². The highest BCUT2D eigenvalue weighted by atomic mass is 32.2. The molecule has 1 N–H and O–H groups in total. The van der Waals surface area contributed by atoms with E-state index in [1.54, 1.807) is 10.6 Å². The molecule has 2 aromatic heterocycles. The van der Waals surface area contributed by atoms with Gasteiger partial charge in [-0.1, -0.05) is 38.6 Å². The topological polar surface area (TPSA) is 64.0 Å². The van der Waals surface area contributed by atoms with Crippen molar-refractivity contribution in [2.24, 2.45) is 5.92 Å². The van der Waals surface area contributed by atoms with Crippen LogP contribution in [0.5, 0.6) is 0 Å². The predicted octanol–water partition coefficient (Wildman–Crippen LogP) is 3.46. The van der Waals surface area contributed by atoms with E-state index < -0.39 is 0 Å². The largest absolute Gasteiger partial charge is 0.353 e. The molecular weight excluding hydrogens is 354 g/mol. The van der Waals surface area contributed by atoms with Gasteiger partial charge in [0.25, 0.3) is 5.56 Å². The zero-order chi connectivity index (χ0) is 18.6. The Morgan fingerprint density at radius 1 is 1.48 bits per heavy atom. The van der Waals surface area contributed by atoms with E-state index in [9.17, 15) is 9.59 Å². The number of fused-ring (bicyclic) bond motifs is 1. The van der Waals surface area contributed by atoms with Gasteiger partial charge in [0.15, 0.2) is 5.16 Å². The van der Waals surface area contributed by atoms with Gasteiger partial charge in [0.1, 0.15) is 4.83 Å². The minimum atomic E-state index is -0.0701. The second kappa shape index (κ2) is 8.67. The molecule has 0 unspecified atom stereocenters. The van der Waals surface area contributed by atoms with Crippen molar-refractivity contribution >= 4 is 39.2 Å². The van der Waals surface area contributed by atoms with E-state index in [4.69, 9.17) is 0 Å². The molecular formula is C18H25N3O2S2. The van der Waals surface area contributed by atoms with Gasteiger partial charge >= 0.3 is 0 Å². The van der Waals surface area contributed by atoms with E-state index >= 15 is 0 Å². The summed E-state index contributed by atoms with van der Waals surface area (Å²) in [5.74, 6) is 0.560. The average molecular weight is 380 g/mol. The van der Waals surface area contributed by atoms with Crippen molar-refractivity contribution in [3.63, 3.8) is 0 Å². The molecule has 1 atom stereocenters. The van der Waals surface area contributed by atoms with Crippen LogP contribution in [0.4, 0.5) is 0 Å². The number of thioether (sulfide) groups is 1. The van der Waals surface area contributed by atoms with Crippen molar-refractivity contribution in [3.8, 4) is 0 Å². The highest BCUT2D eigenvalue weighted by molar-refractivity contribution is 7.99. The fourth-order valence-electron chi connectivity index (χ4n) is 2.21. The SMILES string of the molecule is C=CCn1c(SCC(=O)N[C@H](C)C(C)C)nc2sc(CC)cc2c1=O. The number of carbonyl (C=O) groups is 1. The number of rotatable bonds is 8. The number of aryl methyl sites for hydroxylation is 1. The number of hydrogen-bond donors (Lipinski definition) is 1. The van der Waals surface area contributed by atoms with Crippen LogP contribution in [-0.2, 0) is 17.8 Å². The molecule has 1 amide bonds. The second-order valence-corrected chi connectivity index (χ2v) is 8.33. The number of hydrogen-bond acceptors (Lipinski definition) is 5. The van der Waals surface area contributed by atoms with Crippen molar-refractivity contribution < 1.29 is 4.79 Å². The Hall–Kier alpha value is -1.60. The third kappa shape index (κ3) is 4.73. The number of aromatic nitrogens is 2. The third-order valence-corrected chi connectivity index (χ3v) is 6.20. The lowest BCUT2D eigenvalue weighted by Gasteiger charge is -2.17. The van der Waals surface area contributed by atoms with Crippen LogP contribution in [0.3, 0.4) is 0 Å². The first-order valence-electron chi connectivity index (χ1n) is 8.43. The maximum Gasteiger partial charge on any atom is 0.263 e. The highest BCUT2D eigenvalue weighted by Crippen LogP contribution is 2.25. The van der Waals surface area contributed by atoms with Crippen molar-refractivity contribution in [1.29, 1.82) is 0 Å². The van der Waals surface area contributed by atoms with Gasteiger partial charge in [0.05, 0.1) is 11.1 Å². The first-order valence-corrected chi connectivity index (χ1v) is 10.2. The molecule has 0 aliphatic heterocycles. The summed E-state index contributed by atoms with van der Waals surface area (Å²) in [5.41, 5.74) is -0.0701. The third-order valence-electron chi connectivity index (χ3n) is 4.05. The standard InChI is InChI=1S/C18H25N3O2S2/c1-6-8-21-17(23)14-9-13(7-2)25-16(14)20-18(21)24-10-15(22)19-12(5)11(3)4/h6,9,11-12H,1,7-8,10H2,2-5H3,(H,19,22)/t12-/m1/s1. The summed E-state index contributed by atoms with van der Waals surface area (Å²) in [6.07, 6.45) is 2.55. The highest BCUT2D eigenvalue weighted by Gasteiger charge is 2.16. The quantitative estimate of drug-likeness (QED) is 0.433. The van der Waals surface area contributed by atoms with E-state index in [1.165, 1.54) is 23.1 Å². The fraction of sp³-hybridized carbons (Fsp3) is 0.500. The second-order valence-electron chi connectivity index (χ2n) is 6.27. The van der Waals surface area contributed by atoms with E-state index in [-0.39, 0.29) is 23.3 Å². The number of carbonyl (C=O) groups excluding carboxylic acids is 1. The van der Waals surface area contributed by atoms with Crippen molar-refractivity contribution in [2.75, 3.05) is 5.75 Å². The van der Waals surface area contributed by atoms with Crippen molar-refractivity contribution in [1.82, 2.24) is 14.9 Å². The van der Waals surface area contributed by atoms with Crippen LogP contribution in [0.15, 0.2) is 28.7 Å². The van der Waals surface area contributed by atoms with Crippen LogP contribution in [0.1, 0.15) is 32.6 Å². The maximum atomic E-state index is 12.7. The lowest BCUT2D eigenvalue weighted by Crippen LogP contribution is -2.37. The molecule has 0 aliphatic carbocycles. The van der Waals surface area contributed by atoms with Gasteiger partial charge in [-0.2, -0.15) is 0 Å². The van der Waals surface area contributed by atoms with E-state index in [0.29, 0.717) is 23.0 Å². The van der Waals surface area contributed by atoms with Gasteiger partial charge in [0.2, 0.25) is 5.91 Å². The first-order chi connectivity index (χ1) is 11.9. The van der Waals surface area contributed by atoms with Gasteiger partial charge < -0.3 is 5.32 Å². The Balaban J connectivity index is 2.26. The van der Waals surface area contributed by atoms with Crippen LogP contribution in [-0.4, -0.2) is 27.3 Å². The van der Waals surface area contributed by atoms with Crippen molar-refractivity contribution in [2.45, 2.75) is 51.9 Å². The summed E-state index contributed by atoms with van der Waals surface area (Å²) in [6, 6.07) is 2.03. The minimum absolute atomic E-state index is 0.0499. The molecule has 2 aromatic rings. The molecule has 0 bridgehead atoms. The van der Waals surface area contributed by atoms with Crippen LogP contribution < -0.4 is 10.9 Å². The lowest BCUT2D eigenvalue weighted by atomic mass is 10.1. The molecule has 25 heavy (non-hydrogen) atoms. The van der Waals surface area contributed by atoms with Crippen LogP contribution in [0.25, 0.3) is 10.2 Å². The minimum Gasteiger partial charge on any atom is -0.353 e. The van der Waals surface area contributed by atoms with E-state index in [2.05, 4.69) is 37.7 Å². The molecule has 0 saturated heterocycles. The number of allylic oxidation sites excluding steroid dienone is 1. The summed E-state index contributed by atoms with van der Waals surface area (Å²) in [7, 11) is 0. The van der Waals surface area contributed by atoms with Gasteiger partial charge in [0, 0.05) is 17.5 Å². The molecule has 0 spiro atoms. The number of nitrogens with one attached hydrogen (secondary N) is 1. The zero-order valence-electron chi connectivity index (χ0n) is 15.2. The van der Waals surface area contributed by atoms with Crippen molar-refractivity contribution in [3.05, 3.63) is 34.0 Å². The monoisotopic (exact) mass is 379 g/mol. The van der Waals surface area contributed by atoms with Crippen LogP contribution >= 0.6 is 23.1 Å². The summed E-state index contributed by atoms with van der Waals surface area (Å²) in [6.45, 7) is 12.3. The molecule has 2 heterocycles. The molecule has 5 nitrogen and oxygen atoms in total. The first kappa shape index (κ1) is 19.7. The van der Waals surface area contributed by atoms with Gasteiger partial charge in [-0.3, -0.25) is 14.2 Å². The molecule has 7 heteroatoms. The molecule has 0 aliphatic rings. The molecule has 0 radical (unpaired) electrons. The summed E-state index contributed by atoms with van der Waals surface area (Å²) >= 11 is 2.83. The zero-order valence-corrected chi connectivity index (χ0v) is 16.8. The molecule has 0 aromatic carbocycles. The number of nitrogens with zero attached hydrogens (tertiary/aromatic N) is 2. The molecule has 136 valence electrons.